The Morgan fingerprint density at radius 2 is 2.03 bits per heavy atom. The van der Waals surface area contributed by atoms with Crippen molar-refractivity contribution >= 4 is 44.8 Å². The minimum Gasteiger partial charge on any atom is -0.326 e. The summed E-state index contributed by atoms with van der Waals surface area (Å²) in [7, 11) is -3.76. The summed E-state index contributed by atoms with van der Waals surface area (Å²) < 4.78 is 38.8. The Bertz CT molecular complexity index is 1070. The van der Waals surface area contributed by atoms with E-state index in [1.165, 1.54) is 49.0 Å². The van der Waals surface area contributed by atoms with Crippen molar-refractivity contribution in [1.82, 2.24) is 0 Å². The summed E-state index contributed by atoms with van der Waals surface area (Å²) in [6, 6.07) is 8.57. The van der Waals surface area contributed by atoms with E-state index in [0.29, 0.717) is 29.1 Å². The van der Waals surface area contributed by atoms with Gasteiger partial charge in [0.1, 0.15) is 5.82 Å². The van der Waals surface area contributed by atoms with Gasteiger partial charge in [0.05, 0.1) is 16.3 Å². The molecule has 6 nitrogen and oxygen atoms in total. The van der Waals surface area contributed by atoms with Crippen molar-refractivity contribution in [3.05, 3.63) is 47.8 Å². The average molecular weight is 437 g/mol. The number of halogens is 1. The van der Waals surface area contributed by atoms with Crippen molar-refractivity contribution < 1.29 is 22.4 Å². The van der Waals surface area contributed by atoms with Gasteiger partial charge < -0.3 is 10.6 Å². The Labute approximate surface area is 173 Å². The minimum absolute atomic E-state index is 0.0525. The second-order valence-corrected chi connectivity index (χ2v) is 10.1. The molecule has 3 rings (SSSR count). The summed E-state index contributed by atoms with van der Waals surface area (Å²) in [6.07, 6.45) is 0.363. The molecule has 1 atom stereocenters. The van der Waals surface area contributed by atoms with Crippen molar-refractivity contribution in [3.63, 3.8) is 0 Å². The van der Waals surface area contributed by atoms with Gasteiger partial charge in [0, 0.05) is 28.7 Å². The molecule has 9 heteroatoms. The van der Waals surface area contributed by atoms with Crippen LogP contribution in [0.5, 0.6) is 0 Å². The van der Waals surface area contributed by atoms with Crippen LogP contribution in [0.25, 0.3) is 0 Å². The molecule has 29 heavy (non-hydrogen) atoms. The predicted molar refractivity (Wildman–Crippen MR) is 111 cm³/mol. The summed E-state index contributed by atoms with van der Waals surface area (Å²) >= 11 is 1.49. The lowest BCUT2D eigenvalue weighted by Gasteiger charge is -2.15. The number of nitrogens with one attached hydrogen (secondary N) is 2. The highest BCUT2D eigenvalue weighted by Gasteiger charge is 2.25. The van der Waals surface area contributed by atoms with Crippen LogP contribution in [0, 0.1) is 18.7 Å². The van der Waals surface area contributed by atoms with E-state index >= 15 is 0 Å². The summed E-state index contributed by atoms with van der Waals surface area (Å²) in [4.78, 5) is 25.1. The first kappa shape index (κ1) is 21.3. The van der Waals surface area contributed by atoms with E-state index in [-0.39, 0.29) is 16.6 Å². The fourth-order valence-electron chi connectivity index (χ4n) is 2.92. The molecule has 1 aliphatic heterocycles. The number of rotatable bonds is 5. The van der Waals surface area contributed by atoms with Crippen LogP contribution in [0.4, 0.5) is 15.8 Å². The van der Waals surface area contributed by atoms with Crippen molar-refractivity contribution in [2.75, 3.05) is 22.1 Å². The van der Waals surface area contributed by atoms with Gasteiger partial charge >= 0.3 is 0 Å². The molecule has 0 fully saturated rings. The lowest BCUT2D eigenvalue weighted by atomic mass is 10.1. The number of aryl methyl sites for hydroxylation is 1. The number of benzene rings is 2. The first-order chi connectivity index (χ1) is 13.7. The molecule has 1 heterocycles. The van der Waals surface area contributed by atoms with Crippen LogP contribution in [-0.2, 0) is 19.4 Å². The molecule has 0 aromatic heterocycles. The Hall–Kier alpha value is -2.39. The average Bonchev–Trinajstić information content (AvgIpc) is 2.83. The number of sulfone groups is 1. The molecule has 0 aliphatic carbocycles. The Morgan fingerprint density at radius 1 is 1.28 bits per heavy atom. The quantitative estimate of drug-likeness (QED) is 0.747. The summed E-state index contributed by atoms with van der Waals surface area (Å²) in [5, 5.41) is 5.37. The summed E-state index contributed by atoms with van der Waals surface area (Å²) in [5.74, 6) is -1.63. The molecule has 0 saturated heterocycles. The predicted octanol–water partition coefficient (Wildman–Crippen LogP) is 3.62. The van der Waals surface area contributed by atoms with Gasteiger partial charge in [-0.3, -0.25) is 9.59 Å². The smallest absolute Gasteiger partial charge is 0.228 e. The van der Waals surface area contributed by atoms with Crippen LogP contribution in [0.1, 0.15) is 18.9 Å². The number of carbonyl (C=O) groups excluding carboxylic acids is 2. The number of carbonyl (C=O) groups is 2. The highest BCUT2D eigenvalue weighted by Crippen LogP contribution is 2.33. The van der Waals surface area contributed by atoms with Crippen LogP contribution in [0.3, 0.4) is 0 Å². The molecular formula is C20H21FN2O4S2. The SMILES string of the molecule is Cc1cc(F)ccc1NC(=O)[C@@H](C)CS(=O)(=O)c1ccc2c(c1)NC(=O)CCS2. The Morgan fingerprint density at radius 3 is 2.76 bits per heavy atom. The second kappa shape index (κ2) is 8.54. The van der Waals surface area contributed by atoms with Crippen molar-refractivity contribution in [1.29, 1.82) is 0 Å². The molecule has 0 radical (unpaired) electrons. The molecule has 154 valence electrons. The third-order valence-electron chi connectivity index (χ3n) is 4.53. The maximum absolute atomic E-state index is 13.2. The first-order valence-corrected chi connectivity index (χ1v) is 11.7. The number of hydrogen-bond donors (Lipinski definition) is 2. The molecule has 2 N–H and O–H groups in total. The van der Waals surface area contributed by atoms with E-state index in [9.17, 15) is 22.4 Å². The fraction of sp³-hybridized carbons (Fsp3) is 0.300. The zero-order valence-corrected chi connectivity index (χ0v) is 17.6. The molecule has 2 aromatic carbocycles. The summed E-state index contributed by atoms with van der Waals surface area (Å²) in [6.45, 7) is 3.18. The van der Waals surface area contributed by atoms with Gasteiger partial charge in [-0.05, 0) is 48.9 Å². The van der Waals surface area contributed by atoms with Crippen LogP contribution in [0.2, 0.25) is 0 Å². The zero-order chi connectivity index (χ0) is 21.2. The van der Waals surface area contributed by atoms with E-state index in [1.807, 2.05) is 0 Å². The summed E-state index contributed by atoms with van der Waals surface area (Å²) in [5.41, 5.74) is 1.45. The van der Waals surface area contributed by atoms with E-state index in [4.69, 9.17) is 0 Å². The van der Waals surface area contributed by atoms with Gasteiger partial charge in [-0.25, -0.2) is 12.8 Å². The van der Waals surface area contributed by atoms with Gasteiger partial charge in [0.2, 0.25) is 11.8 Å². The highest BCUT2D eigenvalue weighted by atomic mass is 32.2. The lowest BCUT2D eigenvalue weighted by molar-refractivity contribution is -0.119. The first-order valence-electron chi connectivity index (χ1n) is 9.02. The standard InChI is InChI=1S/C20H21FN2O4S2/c1-12-9-14(21)3-5-16(12)23-20(25)13(2)11-29(26,27)15-4-6-18-17(10-15)22-19(24)7-8-28-18/h3-6,9-10,13H,7-8,11H2,1-2H3,(H,22,24)(H,23,25)/t13-/m0/s1. The van der Waals surface area contributed by atoms with Gasteiger partial charge in [-0.15, -0.1) is 11.8 Å². The molecule has 0 unspecified atom stereocenters. The van der Waals surface area contributed by atoms with E-state index in [1.54, 1.807) is 13.0 Å². The topological polar surface area (TPSA) is 92.3 Å². The third-order valence-corrected chi connectivity index (χ3v) is 7.52. The number of anilines is 2. The maximum Gasteiger partial charge on any atom is 0.228 e. The molecule has 0 spiro atoms. The highest BCUT2D eigenvalue weighted by molar-refractivity contribution is 7.99. The largest absolute Gasteiger partial charge is 0.326 e. The fourth-order valence-corrected chi connectivity index (χ4v) is 5.43. The Balaban J connectivity index is 1.74. The molecule has 0 bridgehead atoms. The minimum atomic E-state index is -3.76. The lowest BCUT2D eigenvalue weighted by Crippen LogP contribution is -2.27. The number of fused-ring (bicyclic) bond motifs is 1. The molecule has 1 aliphatic rings. The van der Waals surface area contributed by atoms with Crippen LogP contribution in [0.15, 0.2) is 46.2 Å². The number of thioether (sulfide) groups is 1. The second-order valence-electron chi connectivity index (χ2n) is 6.94. The van der Waals surface area contributed by atoms with Gasteiger partial charge in [-0.2, -0.15) is 0 Å². The van der Waals surface area contributed by atoms with Crippen LogP contribution >= 0.6 is 11.8 Å². The van der Waals surface area contributed by atoms with E-state index in [0.717, 1.165) is 4.90 Å². The maximum atomic E-state index is 13.2. The van der Waals surface area contributed by atoms with Crippen LogP contribution in [-0.4, -0.2) is 31.7 Å². The van der Waals surface area contributed by atoms with Crippen molar-refractivity contribution in [3.8, 4) is 0 Å². The monoisotopic (exact) mass is 436 g/mol. The third kappa shape index (κ3) is 5.16. The molecular weight excluding hydrogens is 415 g/mol. The van der Waals surface area contributed by atoms with Crippen molar-refractivity contribution in [2.24, 2.45) is 5.92 Å². The normalized spacial score (nSPS) is 15.1. The zero-order valence-electron chi connectivity index (χ0n) is 16.0. The Kier molecular flexibility index (Phi) is 6.28. The van der Waals surface area contributed by atoms with Crippen molar-refractivity contribution in [2.45, 2.75) is 30.1 Å². The molecule has 0 saturated carbocycles. The van der Waals surface area contributed by atoms with Gasteiger partial charge in [0.25, 0.3) is 0 Å². The van der Waals surface area contributed by atoms with Crippen LogP contribution < -0.4 is 10.6 Å². The molecule has 2 amide bonds. The van der Waals surface area contributed by atoms with E-state index < -0.39 is 27.5 Å². The number of hydrogen-bond acceptors (Lipinski definition) is 5. The molecule has 2 aromatic rings. The van der Waals surface area contributed by atoms with E-state index in [2.05, 4.69) is 10.6 Å². The van der Waals surface area contributed by atoms with Gasteiger partial charge in [-0.1, -0.05) is 6.92 Å². The number of amides is 2. The van der Waals surface area contributed by atoms with Gasteiger partial charge in [0.15, 0.2) is 9.84 Å².